The molecular weight excluding hydrogens is 292 g/mol. The number of rotatable bonds is 4. The second kappa shape index (κ2) is 7.05. The van der Waals surface area contributed by atoms with E-state index in [0.717, 1.165) is 27.8 Å². The third-order valence-electron chi connectivity index (χ3n) is 3.97. The lowest BCUT2D eigenvalue weighted by molar-refractivity contribution is 0.122. The maximum atomic E-state index is 10.5. The number of benzene rings is 2. The van der Waals surface area contributed by atoms with E-state index in [1.165, 1.54) is 11.1 Å². The summed E-state index contributed by atoms with van der Waals surface area (Å²) in [7, 11) is 0. The Bertz CT molecular complexity index is 743. The lowest BCUT2D eigenvalue weighted by Crippen LogP contribution is -2.22. The standard InChI is InChI=1S/C23H26O/c1-16(2)22(23(5,6)24)15-21(19-11-7-17(3)8-12-19)20-13-9-18(4)10-14-20/h7-14,24H,1H2,2-6H3. The molecule has 0 aliphatic carbocycles. The van der Waals surface area contributed by atoms with E-state index in [2.05, 4.69) is 74.7 Å². The van der Waals surface area contributed by atoms with Crippen LogP contribution in [-0.2, 0) is 0 Å². The molecule has 0 radical (unpaired) electrons. The van der Waals surface area contributed by atoms with Gasteiger partial charge in [0.25, 0.3) is 0 Å². The molecule has 0 unspecified atom stereocenters. The van der Waals surface area contributed by atoms with Crippen LogP contribution in [0.4, 0.5) is 0 Å². The highest BCUT2D eigenvalue weighted by atomic mass is 16.3. The van der Waals surface area contributed by atoms with Gasteiger partial charge in [0.05, 0.1) is 5.60 Å². The molecule has 0 saturated heterocycles. The molecule has 0 aliphatic heterocycles. The van der Waals surface area contributed by atoms with Crippen LogP contribution in [0.1, 0.15) is 43.0 Å². The minimum atomic E-state index is -0.994. The van der Waals surface area contributed by atoms with Crippen molar-refractivity contribution in [1.29, 1.82) is 0 Å². The molecule has 1 heteroatoms. The molecule has 2 aromatic carbocycles. The van der Waals surface area contributed by atoms with Gasteiger partial charge in [0.15, 0.2) is 0 Å². The predicted octanol–water partition coefficient (Wildman–Crippen LogP) is 5.61. The lowest BCUT2D eigenvalue weighted by atomic mass is 9.90. The van der Waals surface area contributed by atoms with E-state index in [1.54, 1.807) is 13.8 Å². The summed E-state index contributed by atoms with van der Waals surface area (Å²) < 4.78 is 0. The summed E-state index contributed by atoms with van der Waals surface area (Å²) in [5, 5.41) is 10.5. The van der Waals surface area contributed by atoms with Gasteiger partial charge in [-0.3, -0.25) is 0 Å². The average Bonchev–Trinajstić information content (AvgIpc) is 2.49. The number of hydrogen-bond acceptors (Lipinski definition) is 1. The van der Waals surface area contributed by atoms with Crippen molar-refractivity contribution < 1.29 is 5.11 Å². The van der Waals surface area contributed by atoms with E-state index in [4.69, 9.17) is 0 Å². The van der Waals surface area contributed by atoms with Gasteiger partial charge in [-0.2, -0.15) is 0 Å². The van der Waals surface area contributed by atoms with Gasteiger partial charge in [0.2, 0.25) is 0 Å². The summed E-state index contributed by atoms with van der Waals surface area (Å²) in [5.41, 5.74) is 9.55. The molecule has 0 saturated carbocycles. The average molecular weight is 318 g/mol. The van der Waals surface area contributed by atoms with Gasteiger partial charge in [-0.15, -0.1) is 5.73 Å². The van der Waals surface area contributed by atoms with Gasteiger partial charge in [-0.25, -0.2) is 0 Å². The van der Waals surface area contributed by atoms with E-state index in [9.17, 15) is 5.11 Å². The SMILES string of the molecule is C=C(C)C(=C=C(c1ccc(C)cc1)c1ccc(C)cc1)C(C)(C)O. The first-order chi connectivity index (χ1) is 11.2. The van der Waals surface area contributed by atoms with Crippen LogP contribution in [-0.4, -0.2) is 10.7 Å². The van der Waals surface area contributed by atoms with E-state index in [0.29, 0.717) is 0 Å². The Morgan fingerprint density at radius 1 is 0.875 bits per heavy atom. The molecule has 0 atom stereocenters. The van der Waals surface area contributed by atoms with E-state index in [1.807, 2.05) is 6.92 Å². The van der Waals surface area contributed by atoms with Crippen molar-refractivity contribution in [3.63, 3.8) is 0 Å². The van der Waals surface area contributed by atoms with Crippen LogP contribution >= 0.6 is 0 Å². The molecule has 0 bridgehead atoms. The maximum Gasteiger partial charge on any atom is 0.0914 e. The Kier molecular flexibility index (Phi) is 5.29. The third kappa shape index (κ3) is 4.35. The normalized spacial score (nSPS) is 10.9. The summed E-state index contributed by atoms with van der Waals surface area (Å²) in [4.78, 5) is 0. The van der Waals surface area contributed by atoms with Crippen molar-refractivity contribution in [1.82, 2.24) is 0 Å². The van der Waals surface area contributed by atoms with Crippen LogP contribution in [0.15, 0.2) is 72.0 Å². The summed E-state index contributed by atoms with van der Waals surface area (Å²) in [6, 6.07) is 16.8. The maximum absolute atomic E-state index is 10.5. The van der Waals surface area contributed by atoms with Crippen LogP contribution in [0.5, 0.6) is 0 Å². The van der Waals surface area contributed by atoms with E-state index < -0.39 is 5.60 Å². The van der Waals surface area contributed by atoms with Gasteiger partial charge < -0.3 is 5.11 Å². The monoisotopic (exact) mass is 318 g/mol. The van der Waals surface area contributed by atoms with Crippen molar-refractivity contribution in [2.75, 3.05) is 0 Å². The molecule has 0 aromatic heterocycles. The van der Waals surface area contributed by atoms with Crippen molar-refractivity contribution in [2.45, 2.75) is 40.2 Å². The molecular formula is C23H26O. The van der Waals surface area contributed by atoms with Crippen molar-refractivity contribution in [3.8, 4) is 0 Å². The highest BCUT2D eigenvalue weighted by molar-refractivity contribution is 5.80. The molecule has 1 N–H and O–H groups in total. The second-order valence-corrected chi connectivity index (χ2v) is 6.95. The molecule has 1 nitrogen and oxygen atoms in total. The minimum Gasteiger partial charge on any atom is -0.385 e. The zero-order valence-electron chi connectivity index (χ0n) is 15.3. The van der Waals surface area contributed by atoms with Gasteiger partial charge >= 0.3 is 0 Å². The number of hydrogen-bond donors (Lipinski definition) is 1. The lowest BCUT2D eigenvalue weighted by Gasteiger charge is -2.20. The molecule has 0 heterocycles. The van der Waals surface area contributed by atoms with Crippen molar-refractivity contribution >= 4 is 5.57 Å². The van der Waals surface area contributed by atoms with Crippen LogP contribution in [0.2, 0.25) is 0 Å². The predicted molar refractivity (Wildman–Crippen MR) is 103 cm³/mol. The van der Waals surface area contributed by atoms with Crippen molar-refractivity contribution in [3.05, 3.63) is 94.2 Å². The minimum absolute atomic E-state index is 0.721. The molecule has 124 valence electrons. The quantitative estimate of drug-likeness (QED) is 0.574. The summed E-state index contributed by atoms with van der Waals surface area (Å²) in [6.45, 7) is 13.6. The van der Waals surface area contributed by atoms with Crippen LogP contribution in [0, 0.1) is 13.8 Å². The Hall–Kier alpha value is -2.34. The van der Waals surface area contributed by atoms with Gasteiger partial charge in [-0.05, 0) is 51.3 Å². The zero-order chi connectivity index (χ0) is 17.9. The fraction of sp³-hybridized carbons (Fsp3) is 0.261. The van der Waals surface area contributed by atoms with Gasteiger partial charge in [0, 0.05) is 11.1 Å². The van der Waals surface area contributed by atoms with Crippen LogP contribution < -0.4 is 0 Å². The Morgan fingerprint density at radius 3 is 1.54 bits per heavy atom. The van der Waals surface area contributed by atoms with Crippen LogP contribution in [0.25, 0.3) is 5.57 Å². The van der Waals surface area contributed by atoms with E-state index in [-0.39, 0.29) is 0 Å². The highest BCUT2D eigenvalue weighted by Crippen LogP contribution is 2.28. The first-order valence-corrected chi connectivity index (χ1v) is 8.22. The zero-order valence-corrected chi connectivity index (χ0v) is 15.3. The summed E-state index contributed by atoms with van der Waals surface area (Å²) >= 11 is 0. The smallest absolute Gasteiger partial charge is 0.0914 e. The molecule has 2 aromatic rings. The third-order valence-corrected chi connectivity index (χ3v) is 3.97. The van der Waals surface area contributed by atoms with Crippen molar-refractivity contribution in [2.24, 2.45) is 0 Å². The largest absolute Gasteiger partial charge is 0.385 e. The number of aryl methyl sites for hydroxylation is 2. The highest BCUT2D eigenvalue weighted by Gasteiger charge is 2.20. The number of aliphatic hydroxyl groups is 1. The molecule has 0 spiro atoms. The van der Waals surface area contributed by atoms with Crippen LogP contribution in [0.3, 0.4) is 0 Å². The molecule has 0 amide bonds. The fourth-order valence-corrected chi connectivity index (χ4v) is 2.66. The van der Waals surface area contributed by atoms with E-state index >= 15 is 0 Å². The first-order valence-electron chi connectivity index (χ1n) is 8.22. The molecule has 0 fully saturated rings. The van der Waals surface area contributed by atoms with Gasteiger partial charge in [0.1, 0.15) is 0 Å². The molecule has 0 aliphatic rings. The first kappa shape index (κ1) is 18.0. The Morgan fingerprint density at radius 2 is 1.25 bits per heavy atom. The Balaban J connectivity index is 2.80. The summed E-state index contributed by atoms with van der Waals surface area (Å²) in [5.74, 6) is 0. The summed E-state index contributed by atoms with van der Waals surface area (Å²) in [6.07, 6.45) is 0. The molecule has 2 rings (SSSR count). The topological polar surface area (TPSA) is 20.2 Å². The second-order valence-electron chi connectivity index (χ2n) is 6.95. The van der Waals surface area contributed by atoms with Gasteiger partial charge in [-0.1, -0.05) is 66.2 Å². The Labute approximate surface area is 145 Å². The molecule has 24 heavy (non-hydrogen) atoms. The fourth-order valence-electron chi connectivity index (χ4n) is 2.66.